The summed E-state index contributed by atoms with van der Waals surface area (Å²) in [6, 6.07) is 0. The van der Waals surface area contributed by atoms with Gasteiger partial charge in [0.25, 0.3) is 0 Å². The van der Waals surface area contributed by atoms with Crippen LogP contribution in [0.1, 0.15) is 32.6 Å². The van der Waals surface area contributed by atoms with Gasteiger partial charge in [-0.2, -0.15) is 0 Å². The van der Waals surface area contributed by atoms with Gasteiger partial charge in [-0.05, 0) is 55.6 Å². The molecule has 0 aromatic rings. The molecule has 2 bridgehead atoms. The summed E-state index contributed by atoms with van der Waals surface area (Å²) in [7, 11) is 0. The molecular weight excluding hydrogens is 332 g/mol. The molecule has 0 N–H and O–H groups in total. The number of hydrogen-bond donors (Lipinski definition) is 0. The standard InChI is InChI=1S/C21H22O5/c1-9-8-25-19-16-14(23)5-4-13(22)15(16)18-17-11(20(24)26-18)2-3-12-10(9)6-7-21(12,17)19/h4-5,9-12,17-19H,2-3,6-8H2,1H3/t9-,10+,11+,12+,17+,18+,19-,21+/m1/s1. The maximum absolute atomic E-state index is 12.9. The van der Waals surface area contributed by atoms with Gasteiger partial charge in [-0.15, -0.1) is 0 Å². The lowest BCUT2D eigenvalue weighted by Gasteiger charge is -2.55. The lowest BCUT2D eigenvalue weighted by atomic mass is 9.48. The molecule has 0 unspecified atom stereocenters. The van der Waals surface area contributed by atoms with E-state index in [0.717, 1.165) is 25.7 Å². The number of carbonyl (C=O) groups excluding carboxylic acids is 3. The predicted molar refractivity (Wildman–Crippen MR) is 89.8 cm³/mol. The Morgan fingerprint density at radius 3 is 2.62 bits per heavy atom. The molecule has 1 spiro atoms. The minimum Gasteiger partial charge on any atom is -0.457 e. The highest BCUT2D eigenvalue weighted by molar-refractivity contribution is 6.21. The highest BCUT2D eigenvalue weighted by Gasteiger charge is 2.72. The molecular formula is C21H22O5. The van der Waals surface area contributed by atoms with Crippen LogP contribution in [0.15, 0.2) is 23.3 Å². The Kier molecular flexibility index (Phi) is 2.80. The molecule has 5 heteroatoms. The monoisotopic (exact) mass is 354 g/mol. The van der Waals surface area contributed by atoms with Crippen molar-refractivity contribution in [3.63, 3.8) is 0 Å². The van der Waals surface area contributed by atoms with E-state index in [9.17, 15) is 14.4 Å². The third-order valence-electron chi connectivity index (χ3n) is 8.33. The lowest BCUT2D eigenvalue weighted by molar-refractivity contribution is -0.143. The summed E-state index contributed by atoms with van der Waals surface area (Å²) < 4.78 is 12.2. The topological polar surface area (TPSA) is 69.7 Å². The zero-order chi connectivity index (χ0) is 17.8. The number of ketones is 2. The zero-order valence-corrected chi connectivity index (χ0v) is 14.8. The van der Waals surface area contributed by atoms with E-state index in [4.69, 9.17) is 9.47 Å². The molecule has 0 amide bonds. The van der Waals surface area contributed by atoms with Crippen LogP contribution in [0.2, 0.25) is 0 Å². The SMILES string of the molecule is C[C@@H]1CO[C@@H]2C3=C(C(=O)C=CC3=O)[C@@H]3OC(=O)[C@H]4CC[C@H]5[C@H]1CC[C@]25[C@@H]43. The molecule has 0 radical (unpaired) electrons. The fourth-order valence-electron chi connectivity index (χ4n) is 7.51. The van der Waals surface area contributed by atoms with Crippen LogP contribution in [0.3, 0.4) is 0 Å². The number of allylic oxidation sites excluding steroid dienone is 2. The average Bonchev–Trinajstić information content (AvgIpc) is 3.13. The highest BCUT2D eigenvalue weighted by atomic mass is 16.6. The molecule has 5 nitrogen and oxygen atoms in total. The number of hydrogen-bond acceptors (Lipinski definition) is 5. The van der Waals surface area contributed by atoms with Gasteiger partial charge in [-0.3, -0.25) is 14.4 Å². The van der Waals surface area contributed by atoms with E-state index in [1.165, 1.54) is 12.2 Å². The molecule has 0 aromatic heterocycles. The summed E-state index contributed by atoms with van der Waals surface area (Å²) in [6.45, 7) is 2.86. The van der Waals surface area contributed by atoms with Gasteiger partial charge in [0.15, 0.2) is 11.6 Å². The van der Waals surface area contributed by atoms with Crippen molar-refractivity contribution in [2.45, 2.75) is 44.8 Å². The smallest absolute Gasteiger partial charge is 0.310 e. The van der Waals surface area contributed by atoms with Crippen LogP contribution in [0.5, 0.6) is 0 Å². The van der Waals surface area contributed by atoms with Gasteiger partial charge in [-0.25, -0.2) is 0 Å². The zero-order valence-electron chi connectivity index (χ0n) is 14.8. The van der Waals surface area contributed by atoms with Gasteiger partial charge in [0.2, 0.25) is 0 Å². The minimum atomic E-state index is -0.557. The van der Waals surface area contributed by atoms with Crippen LogP contribution in [0, 0.1) is 35.0 Å². The second-order valence-corrected chi connectivity index (χ2v) is 9.07. The molecule has 26 heavy (non-hydrogen) atoms. The summed E-state index contributed by atoms with van der Waals surface area (Å²) in [6.07, 6.45) is 5.70. The number of rotatable bonds is 0. The Morgan fingerprint density at radius 2 is 1.81 bits per heavy atom. The van der Waals surface area contributed by atoms with Crippen LogP contribution in [0.25, 0.3) is 0 Å². The quantitative estimate of drug-likeness (QED) is 0.492. The van der Waals surface area contributed by atoms with Crippen LogP contribution in [-0.4, -0.2) is 36.4 Å². The van der Waals surface area contributed by atoms with Crippen molar-refractivity contribution in [3.8, 4) is 0 Å². The Hall–Kier alpha value is -1.75. The van der Waals surface area contributed by atoms with Gasteiger partial charge in [0.05, 0.1) is 18.6 Å². The van der Waals surface area contributed by atoms with Crippen molar-refractivity contribution in [1.29, 1.82) is 0 Å². The molecule has 136 valence electrons. The summed E-state index contributed by atoms with van der Waals surface area (Å²) in [5, 5.41) is 0. The fraction of sp³-hybridized carbons (Fsp3) is 0.667. The third kappa shape index (κ3) is 1.52. The van der Waals surface area contributed by atoms with Crippen molar-refractivity contribution in [2.75, 3.05) is 6.61 Å². The van der Waals surface area contributed by atoms with Crippen molar-refractivity contribution in [3.05, 3.63) is 23.3 Å². The van der Waals surface area contributed by atoms with E-state index in [1.807, 2.05) is 0 Å². The summed E-state index contributed by atoms with van der Waals surface area (Å²) in [5.74, 6) is 0.775. The molecule has 8 atom stereocenters. The van der Waals surface area contributed by atoms with E-state index < -0.39 is 6.10 Å². The van der Waals surface area contributed by atoms with Gasteiger partial charge < -0.3 is 9.47 Å². The van der Waals surface area contributed by atoms with Gasteiger partial charge in [-0.1, -0.05) is 6.92 Å². The maximum atomic E-state index is 12.9. The minimum absolute atomic E-state index is 0.0175. The Morgan fingerprint density at radius 1 is 1.04 bits per heavy atom. The largest absolute Gasteiger partial charge is 0.457 e. The van der Waals surface area contributed by atoms with Crippen LogP contribution >= 0.6 is 0 Å². The number of ether oxygens (including phenoxy) is 2. The van der Waals surface area contributed by atoms with Gasteiger partial charge in [0.1, 0.15) is 6.10 Å². The number of esters is 1. The predicted octanol–water partition coefficient (Wildman–Crippen LogP) is 2.00. The van der Waals surface area contributed by atoms with Gasteiger partial charge >= 0.3 is 5.97 Å². The Bertz CT molecular complexity index is 822. The first-order valence-corrected chi connectivity index (χ1v) is 9.87. The first kappa shape index (κ1) is 15.3. The lowest BCUT2D eigenvalue weighted by Crippen LogP contribution is -2.59. The van der Waals surface area contributed by atoms with Crippen LogP contribution in [-0.2, 0) is 23.9 Å². The summed E-state index contributed by atoms with van der Waals surface area (Å²) in [5.41, 5.74) is 0.677. The molecule has 2 saturated carbocycles. The van der Waals surface area contributed by atoms with Crippen molar-refractivity contribution < 1.29 is 23.9 Å². The Balaban J connectivity index is 1.64. The molecule has 4 aliphatic carbocycles. The first-order chi connectivity index (χ1) is 12.5. The van der Waals surface area contributed by atoms with Crippen molar-refractivity contribution in [1.82, 2.24) is 0 Å². The van der Waals surface area contributed by atoms with Crippen LogP contribution in [0.4, 0.5) is 0 Å². The second kappa shape index (κ2) is 4.75. The molecule has 2 heterocycles. The summed E-state index contributed by atoms with van der Waals surface area (Å²) >= 11 is 0. The van der Waals surface area contributed by atoms with Gasteiger partial charge in [0, 0.05) is 22.5 Å². The van der Waals surface area contributed by atoms with Crippen molar-refractivity contribution >= 4 is 17.5 Å². The summed E-state index contributed by atoms with van der Waals surface area (Å²) in [4.78, 5) is 38.2. The van der Waals surface area contributed by atoms with E-state index in [0.29, 0.717) is 35.5 Å². The maximum Gasteiger partial charge on any atom is 0.310 e. The first-order valence-electron chi connectivity index (χ1n) is 9.87. The fourth-order valence-corrected chi connectivity index (χ4v) is 7.51. The number of fused-ring (bicyclic) bond motifs is 2. The highest BCUT2D eigenvalue weighted by Crippen LogP contribution is 2.70. The van der Waals surface area contributed by atoms with E-state index in [-0.39, 0.29) is 40.9 Å². The normalized spacial score (nSPS) is 51.1. The molecule has 2 saturated heterocycles. The number of carbonyl (C=O) groups is 3. The Labute approximate surface area is 151 Å². The average molecular weight is 354 g/mol. The molecule has 2 aliphatic heterocycles. The second-order valence-electron chi connectivity index (χ2n) is 9.07. The van der Waals surface area contributed by atoms with Crippen LogP contribution < -0.4 is 0 Å². The molecule has 6 rings (SSSR count). The third-order valence-corrected chi connectivity index (χ3v) is 8.33. The van der Waals surface area contributed by atoms with Crippen molar-refractivity contribution in [2.24, 2.45) is 35.0 Å². The van der Waals surface area contributed by atoms with E-state index >= 15 is 0 Å². The molecule has 6 aliphatic rings. The van der Waals surface area contributed by atoms with E-state index in [1.54, 1.807) is 0 Å². The molecule has 4 fully saturated rings. The van der Waals surface area contributed by atoms with E-state index in [2.05, 4.69) is 6.92 Å². The molecule has 0 aromatic carbocycles.